The normalized spacial score (nSPS) is 10.9. The fourth-order valence-corrected chi connectivity index (χ4v) is 2.51. The molecule has 2 amide bonds. The summed E-state index contributed by atoms with van der Waals surface area (Å²) in [6.07, 6.45) is 4.32. The predicted octanol–water partition coefficient (Wildman–Crippen LogP) is 3.33. The number of nitrogens with two attached hydrogens (primary N) is 1. The number of carbonyl (C=O) groups is 1. The molecular weight excluding hydrogens is 342 g/mol. The minimum absolute atomic E-state index is 0.679. The number of carbonyl (C=O) groups excluding carboxylic acids is 1. The molecule has 1 heterocycles. The largest absolute Gasteiger partial charge is 0.494 e. The lowest BCUT2D eigenvalue weighted by Crippen LogP contribution is -2.24. The van der Waals surface area contributed by atoms with Gasteiger partial charge in [0.25, 0.3) is 0 Å². The lowest BCUT2D eigenvalue weighted by atomic mass is 10.1. The highest BCUT2D eigenvalue weighted by molar-refractivity contribution is 5.89. The number of para-hydroxylation sites is 1. The molecule has 27 heavy (non-hydrogen) atoms. The number of hydrogen-bond acceptors (Lipinski definition) is 4. The van der Waals surface area contributed by atoms with Crippen molar-refractivity contribution in [3.63, 3.8) is 0 Å². The summed E-state index contributed by atoms with van der Waals surface area (Å²) in [4.78, 5) is 10.9. The molecule has 0 aliphatic carbocycles. The molecular formula is C20H21N5O2. The van der Waals surface area contributed by atoms with Gasteiger partial charge in [0.2, 0.25) is 0 Å². The van der Waals surface area contributed by atoms with Gasteiger partial charge in [-0.15, -0.1) is 0 Å². The van der Waals surface area contributed by atoms with Crippen molar-refractivity contribution in [1.29, 1.82) is 0 Å². The molecule has 0 atom stereocenters. The molecule has 0 spiro atoms. The molecule has 0 unspecified atom stereocenters. The average Bonchev–Trinajstić information content (AvgIpc) is 3.11. The summed E-state index contributed by atoms with van der Waals surface area (Å²) in [6, 6.07) is 16.7. The van der Waals surface area contributed by atoms with Gasteiger partial charge in [0.15, 0.2) is 0 Å². The Morgan fingerprint density at radius 2 is 1.96 bits per heavy atom. The van der Waals surface area contributed by atoms with Crippen LogP contribution in [-0.2, 0) is 0 Å². The van der Waals surface area contributed by atoms with Crippen LogP contribution in [0.5, 0.6) is 5.75 Å². The minimum atomic E-state index is -0.722. The summed E-state index contributed by atoms with van der Waals surface area (Å²) < 4.78 is 7.40. The van der Waals surface area contributed by atoms with Crippen molar-refractivity contribution in [3.8, 4) is 22.7 Å². The van der Waals surface area contributed by atoms with Gasteiger partial charge in [-0.3, -0.25) is 0 Å². The number of rotatable bonds is 7. The summed E-state index contributed by atoms with van der Waals surface area (Å²) >= 11 is 0. The smallest absolute Gasteiger partial charge is 0.332 e. The first-order valence-electron chi connectivity index (χ1n) is 8.64. The van der Waals surface area contributed by atoms with E-state index >= 15 is 0 Å². The van der Waals surface area contributed by atoms with Crippen molar-refractivity contribution in [1.82, 2.24) is 15.2 Å². The number of hydrogen-bond donors (Lipinski definition) is 2. The van der Waals surface area contributed by atoms with Gasteiger partial charge in [-0.05, 0) is 42.8 Å². The number of benzene rings is 2. The summed E-state index contributed by atoms with van der Waals surface area (Å²) in [5.74, 6) is 0.814. The minimum Gasteiger partial charge on any atom is -0.494 e. The molecule has 2 aromatic carbocycles. The SMILES string of the molecule is CCCOc1ccc(-c2nn(-c3ccccc3)cc2/C=N/NC(N)=O)cc1. The molecule has 7 heteroatoms. The molecule has 138 valence electrons. The van der Waals surface area contributed by atoms with Crippen LogP contribution >= 0.6 is 0 Å². The average molecular weight is 363 g/mol. The Kier molecular flexibility index (Phi) is 5.84. The van der Waals surface area contributed by atoms with E-state index in [1.165, 1.54) is 6.21 Å². The molecule has 3 rings (SSSR count). The molecule has 0 saturated carbocycles. The fourth-order valence-electron chi connectivity index (χ4n) is 2.51. The van der Waals surface area contributed by atoms with Gasteiger partial charge in [0, 0.05) is 17.3 Å². The topological polar surface area (TPSA) is 94.5 Å². The number of hydrazone groups is 1. The van der Waals surface area contributed by atoms with Crippen LogP contribution in [0.1, 0.15) is 18.9 Å². The van der Waals surface area contributed by atoms with Gasteiger partial charge in [-0.25, -0.2) is 14.9 Å². The van der Waals surface area contributed by atoms with Crippen molar-refractivity contribution in [2.45, 2.75) is 13.3 Å². The van der Waals surface area contributed by atoms with Crippen molar-refractivity contribution in [2.75, 3.05) is 6.61 Å². The van der Waals surface area contributed by atoms with Crippen molar-refractivity contribution < 1.29 is 9.53 Å². The van der Waals surface area contributed by atoms with Crippen LogP contribution in [0.3, 0.4) is 0 Å². The van der Waals surface area contributed by atoms with Crippen molar-refractivity contribution in [3.05, 3.63) is 66.4 Å². The monoisotopic (exact) mass is 363 g/mol. The number of nitrogens with zero attached hydrogens (tertiary/aromatic N) is 3. The zero-order chi connectivity index (χ0) is 19.1. The van der Waals surface area contributed by atoms with Gasteiger partial charge in [-0.1, -0.05) is 25.1 Å². The van der Waals surface area contributed by atoms with Gasteiger partial charge in [0.05, 0.1) is 18.5 Å². The maximum Gasteiger partial charge on any atom is 0.332 e. The first-order chi connectivity index (χ1) is 13.2. The van der Waals surface area contributed by atoms with Crippen LogP contribution in [0, 0.1) is 0 Å². The van der Waals surface area contributed by atoms with Crippen LogP contribution in [0.4, 0.5) is 4.79 Å². The number of urea groups is 1. The Labute approximate surface area is 157 Å². The van der Waals surface area contributed by atoms with E-state index in [0.717, 1.165) is 34.7 Å². The van der Waals surface area contributed by atoms with E-state index in [4.69, 9.17) is 10.5 Å². The second kappa shape index (κ2) is 8.66. The third-order valence-corrected chi connectivity index (χ3v) is 3.74. The molecule has 0 saturated heterocycles. The molecule has 0 aliphatic heterocycles. The van der Waals surface area contributed by atoms with Crippen molar-refractivity contribution in [2.24, 2.45) is 10.8 Å². The zero-order valence-electron chi connectivity index (χ0n) is 15.0. The molecule has 1 aromatic heterocycles. The highest BCUT2D eigenvalue weighted by atomic mass is 16.5. The maximum atomic E-state index is 10.9. The molecule has 0 bridgehead atoms. The molecule has 3 aromatic rings. The second-order valence-electron chi connectivity index (χ2n) is 5.82. The Balaban J connectivity index is 1.95. The van der Waals surface area contributed by atoms with Crippen LogP contribution in [0.25, 0.3) is 16.9 Å². The molecule has 0 fully saturated rings. The van der Waals surface area contributed by atoms with E-state index in [-0.39, 0.29) is 0 Å². The van der Waals surface area contributed by atoms with Crippen LogP contribution in [0.2, 0.25) is 0 Å². The third-order valence-electron chi connectivity index (χ3n) is 3.74. The van der Waals surface area contributed by atoms with E-state index in [9.17, 15) is 4.79 Å². The van der Waals surface area contributed by atoms with E-state index in [0.29, 0.717) is 6.61 Å². The van der Waals surface area contributed by atoms with E-state index in [1.54, 1.807) is 4.68 Å². The molecule has 7 nitrogen and oxygen atoms in total. The molecule has 0 aliphatic rings. The van der Waals surface area contributed by atoms with Crippen LogP contribution < -0.4 is 15.9 Å². The van der Waals surface area contributed by atoms with Gasteiger partial charge >= 0.3 is 6.03 Å². The van der Waals surface area contributed by atoms with Gasteiger partial charge in [0.1, 0.15) is 11.4 Å². The predicted molar refractivity (Wildman–Crippen MR) is 105 cm³/mol. The Morgan fingerprint density at radius 1 is 1.22 bits per heavy atom. The molecule has 0 radical (unpaired) electrons. The van der Waals surface area contributed by atoms with Gasteiger partial charge < -0.3 is 10.5 Å². The number of amides is 2. The highest BCUT2D eigenvalue weighted by Crippen LogP contribution is 2.25. The van der Waals surface area contributed by atoms with Crippen LogP contribution in [0.15, 0.2) is 65.9 Å². The van der Waals surface area contributed by atoms with Crippen molar-refractivity contribution >= 4 is 12.2 Å². The van der Waals surface area contributed by atoms with Gasteiger partial charge in [-0.2, -0.15) is 10.2 Å². The quantitative estimate of drug-likeness (QED) is 0.498. The zero-order valence-corrected chi connectivity index (χ0v) is 15.0. The number of ether oxygens (including phenoxy) is 1. The van der Waals surface area contributed by atoms with Crippen LogP contribution in [-0.4, -0.2) is 28.6 Å². The Bertz CT molecular complexity index is 917. The third kappa shape index (κ3) is 4.72. The maximum absolute atomic E-state index is 10.9. The molecule has 3 N–H and O–H groups in total. The standard InChI is InChI=1S/C20H21N5O2/c1-2-12-27-18-10-8-15(9-11-18)19-16(13-22-23-20(21)26)14-25(24-19)17-6-4-3-5-7-17/h3-11,13-14H,2,12H2,1H3,(H3,21,23,26)/b22-13+. The number of aromatic nitrogens is 2. The first-order valence-corrected chi connectivity index (χ1v) is 8.64. The van der Waals surface area contributed by atoms with E-state index in [2.05, 4.69) is 22.5 Å². The lowest BCUT2D eigenvalue weighted by molar-refractivity contribution is 0.249. The fraction of sp³-hybridized carbons (Fsp3) is 0.150. The number of primary amides is 1. The summed E-state index contributed by atoms with van der Waals surface area (Å²) in [5.41, 5.74) is 10.6. The summed E-state index contributed by atoms with van der Waals surface area (Å²) in [6.45, 7) is 2.75. The Hall–Kier alpha value is -3.61. The highest BCUT2D eigenvalue weighted by Gasteiger charge is 2.11. The summed E-state index contributed by atoms with van der Waals surface area (Å²) in [5, 5.41) is 8.55. The lowest BCUT2D eigenvalue weighted by Gasteiger charge is -2.05. The first kappa shape index (κ1) is 18.2. The van der Waals surface area contributed by atoms with E-state index < -0.39 is 6.03 Å². The summed E-state index contributed by atoms with van der Waals surface area (Å²) in [7, 11) is 0. The van der Waals surface area contributed by atoms with E-state index in [1.807, 2.05) is 60.8 Å². The number of nitrogens with one attached hydrogen (secondary N) is 1. The Morgan fingerprint density at radius 3 is 2.63 bits per heavy atom. The second-order valence-corrected chi connectivity index (χ2v) is 5.82.